The van der Waals surface area contributed by atoms with E-state index < -0.39 is 0 Å². The minimum absolute atomic E-state index is 0.0857. The van der Waals surface area contributed by atoms with E-state index in [2.05, 4.69) is 21.2 Å². The number of nitrogens with one attached hydrogen (secondary N) is 1. The van der Waals surface area contributed by atoms with Crippen LogP contribution in [0.5, 0.6) is 0 Å². The van der Waals surface area contributed by atoms with Gasteiger partial charge in [0.2, 0.25) is 0 Å². The molecule has 1 heterocycles. The predicted octanol–water partition coefficient (Wildman–Crippen LogP) is 2.55. The first-order valence-electron chi connectivity index (χ1n) is 6.17. The van der Waals surface area contributed by atoms with Crippen LogP contribution in [0.1, 0.15) is 18.4 Å². The second-order valence-corrected chi connectivity index (χ2v) is 5.72. The molecule has 0 radical (unpaired) electrons. The van der Waals surface area contributed by atoms with Gasteiger partial charge in [0.15, 0.2) is 0 Å². The van der Waals surface area contributed by atoms with Gasteiger partial charge < -0.3 is 9.88 Å². The number of hydrogen-bond donors (Lipinski definition) is 1. The molecule has 1 N–H and O–H groups in total. The fraction of sp³-hybridized carbons (Fsp3) is 0.357. The van der Waals surface area contributed by atoms with Crippen molar-refractivity contribution < 1.29 is 0 Å². The third-order valence-electron chi connectivity index (χ3n) is 3.42. The summed E-state index contributed by atoms with van der Waals surface area (Å²) in [5.41, 5.74) is 1.88. The number of hydrogen-bond acceptors (Lipinski definition) is 2. The first kappa shape index (κ1) is 11.9. The van der Waals surface area contributed by atoms with Crippen LogP contribution >= 0.6 is 15.9 Å². The van der Waals surface area contributed by atoms with Crippen LogP contribution in [0.4, 0.5) is 0 Å². The summed E-state index contributed by atoms with van der Waals surface area (Å²) in [5, 5.41) is 4.49. The van der Waals surface area contributed by atoms with Gasteiger partial charge in [0.05, 0.1) is 5.52 Å². The van der Waals surface area contributed by atoms with Crippen molar-refractivity contribution in [2.45, 2.75) is 25.4 Å². The fourth-order valence-electron chi connectivity index (χ4n) is 2.24. The molecule has 0 unspecified atom stereocenters. The van der Waals surface area contributed by atoms with Crippen molar-refractivity contribution in [3.05, 3.63) is 44.7 Å². The van der Waals surface area contributed by atoms with Crippen molar-refractivity contribution in [1.29, 1.82) is 0 Å². The lowest BCUT2D eigenvalue weighted by molar-refractivity contribution is 0.677. The molecule has 0 amide bonds. The van der Waals surface area contributed by atoms with Gasteiger partial charge in [-0.15, -0.1) is 0 Å². The minimum atomic E-state index is 0.0857. The molecule has 1 fully saturated rings. The average molecular weight is 307 g/mol. The molecule has 94 valence electrons. The minimum Gasteiger partial charge on any atom is -0.310 e. The molecule has 4 heteroatoms. The van der Waals surface area contributed by atoms with Crippen LogP contribution in [0.25, 0.3) is 10.9 Å². The number of benzene rings is 1. The number of rotatable bonds is 3. The van der Waals surface area contributed by atoms with Gasteiger partial charge in [-0.25, -0.2) is 0 Å². The molecular weight excluding hydrogens is 292 g/mol. The highest BCUT2D eigenvalue weighted by Crippen LogP contribution is 2.23. The Morgan fingerprint density at radius 1 is 1.44 bits per heavy atom. The Morgan fingerprint density at radius 3 is 2.94 bits per heavy atom. The van der Waals surface area contributed by atoms with E-state index in [9.17, 15) is 4.79 Å². The van der Waals surface area contributed by atoms with Gasteiger partial charge in [-0.3, -0.25) is 4.79 Å². The molecule has 18 heavy (non-hydrogen) atoms. The Labute approximate surface area is 114 Å². The number of fused-ring (bicyclic) bond motifs is 1. The smallest absolute Gasteiger partial charge is 0.255 e. The molecule has 1 aromatic carbocycles. The van der Waals surface area contributed by atoms with Crippen LogP contribution < -0.4 is 10.9 Å². The topological polar surface area (TPSA) is 34.0 Å². The first-order chi connectivity index (χ1) is 8.66. The van der Waals surface area contributed by atoms with Crippen LogP contribution in [0.15, 0.2) is 33.5 Å². The summed E-state index contributed by atoms with van der Waals surface area (Å²) in [7, 11) is 1.83. The molecule has 3 nitrogen and oxygen atoms in total. The van der Waals surface area contributed by atoms with Crippen LogP contribution in [-0.4, -0.2) is 10.6 Å². The number of pyridine rings is 1. The Kier molecular flexibility index (Phi) is 2.99. The van der Waals surface area contributed by atoms with Crippen LogP contribution in [0.2, 0.25) is 0 Å². The van der Waals surface area contributed by atoms with Gasteiger partial charge in [-0.05, 0) is 46.3 Å². The number of aromatic nitrogens is 1. The van der Waals surface area contributed by atoms with Gasteiger partial charge in [-0.1, -0.05) is 12.1 Å². The highest BCUT2D eigenvalue weighted by Gasteiger charge is 2.20. The van der Waals surface area contributed by atoms with E-state index in [1.807, 2.05) is 31.3 Å². The van der Waals surface area contributed by atoms with Crippen molar-refractivity contribution >= 4 is 26.8 Å². The summed E-state index contributed by atoms with van der Waals surface area (Å²) < 4.78 is 2.69. The molecule has 3 rings (SSSR count). The Bertz CT molecular complexity index is 659. The Hall–Kier alpha value is -1.13. The maximum absolute atomic E-state index is 12.3. The largest absolute Gasteiger partial charge is 0.310 e. The number of aryl methyl sites for hydroxylation is 1. The summed E-state index contributed by atoms with van der Waals surface area (Å²) in [5.74, 6) is 0. The van der Waals surface area contributed by atoms with E-state index in [0.717, 1.165) is 20.9 Å². The SMILES string of the molecule is Cn1c(=O)c(CNC2CC2)cc2cccc(Br)c21. The summed E-state index contributed by atoms with van der Waals surface area (Å²) in [6.07, 6.45) is 2.47. The van der Waals surface area contributed by atoms with E-state index in [4.69, 9.17) is 0 Å². The summed E-state index contributed by atoms with van der Waals surface area (Å²) in [4.78, 5) is 12.3. The lowest BCUT2D eigenvalue weighted by Crippen LogP contribution is -2.26. The molecule has 0 spiro atoms. The normalized spacial score (nSPS) is 15.2. The van der Waals surface area contributed by atoms with E-state index in [1.165, 1.54) is 12.8 Å². The second kappa shape index (κ2) is 4.52. The van der Waals surface area contributed by atoms with Crippen molar-refractivity contribution in [3.8, 4) is 0 Å². The maximum atomic E-state index is 12.3. The lowest BCUT2D eigenvalue weighted by atomic mass is 10.1. The van der Waals surface area contributed by atoms with Crippen LogP contribution in [-0.2, 0) is 13.6 Å². The molecule has 1 aliphatic carbocycles. The van der Waals surface area contributed by atoms with Gasteiger partial charge in [0, 0.05) is 29.7 Å². The van der Waals surface area contributed by atoms with Gasteiger partial charge >= 0.3 is 0 Å². The van der Waals surface area contributed by atoms with Crippen LogP contribution in [0.3, 0.4) is 0 Å². The summed E-state index contributed by atoms with van der Waals surface area (Å²) >= 11 is 3.50. The predicted molar refractivity (Wildman–Crippen MR) is 76.8 cm³/mol. The second-order valence-electron chi connectivity index (χ2n) is 4.87. The molecule has 0 saturated heterocycles. The molecule has 0 atom stereocenters. The molecule has 0 aliphatic heterocycles. The molecule has 0 bridgehead atoms. The number of para-hydroxylation sites is 1. The number of nitrogens with zero attached hydrogens (tertiary/aromatic N) is 1. The lowest BCUT2D eigenvalue weighted by Gasteiger charge is -2.10. The first-order valence-corrected chi connectivity index (χ1v) is 6.96. The average Bonchev–Trinajstić information content (AvgIpc) is 3.16. The monoisotopic (exact) mass is 306 g/mol. The summed E-state index contributed by atoms with van der Waals surface area (Å²) in [6.45, 7) is 0.666. The maximum Gasteiger partial charge on any atom is 0.255 e. The molecule has 2 aromatic rings. The third-order valence-corrected chi connectivity index (χ3v) is 4.06. The quantitative estimate of drug-likeness (QED) is 0.945. The van der Waals surface area contributed by atoms with Gasteiger partial charge in [0.25, 0.3) is 5.56 Å². The standard InChI is InChI=1S/C14H15BrN2O/c1-17-13-9(3-2-4-12(13)15)7-10(14(17)18)8-16-11-5-6-11/h2-4,7,11,16H,5-6,8H2,1H3. The van der Waals surface area contributed by atoms with E-state index >= 15 is 0 Å². The van der Waals surface area contributed by atoms with E-state index in [1.54, 1.807) is 4.57 Å². The van der Waals surface area contributed by atoms with Crippen molar-refractivity contribution in [2.24, 2.45) is 7.05 Å². The van der Waals surface area contributed by atoms with Crippen molar-refractivity contribution in [2.75, 3.05) is 0 Å². The van der Waals surface area contributed by atoms with Gasteiger partial charge in [0.1, 0.15) is 0 Å². The fourth-order valence-corrected chi connectivity index (χ4v) is 2.88. The third kappa shape index (κ3) is 2.10. The molecule has 1 aliphatic rings. The van der Waals surface area contributed by atoms with E-state index in [0.29, 0.717) is 12.6 Å². The molecular formula is C14H15BrN2O. The zero-order valence-electron chi connectivity index (χ0n) is 10.2. The zero-order chi connectivity index (χ0) is 12.7. The van der Waals surface area contributed by atoms with Gasteiger partial charge in [-0.2, -0.15) is 0 Å². The van der Waals surface area contributed by atoms with Crippen molar-refractivity contribution in [3.63, 3.8) is 0 Å². The highest BCUT2D eigenvalue weighted by atomic mass is 79.9. The Morgan fingerprint density at radius 2 is 2.22 bits per heavy atom. The van der Waals surface area contributed by atoms with Crippen LogP contribution in [0, 0.1) is 0 Å². The van der Waals surface area contributed by atoms with Crippen molar-refractivity contribution in [1.82, 2.24) is 9.88 Å². The molecule has 1 saturated carbocycles. The highest BCUT2D eigenvalue weighted by molar-refractivity contribution is 9.10. The molecule has 1 aromatic heterocycles. The summed E-state index contributed by atoms with van der Waals surface area (Å²) in [6, 6.07) is 8.62. The zero-order valence-corrected chi connectivity index (χ0v) is 11.8. The Balaban J connectivity index is 2.10. The number of halogens is 1. The van der Waals surface area contributed by atoms with E-state index in [-0.39, 0.29) is 5.56 Å².